The minimum Gasteiger partial charge on any atom is -0.369 e. The van der Waals surface area contributed by atoms with Gasteiger partial charge in [0.15, 0.2) is 0 Å². The minimum absolute atomic E-state index is 0.687. The van der Waals surface area contributed by atoms with Gasteiger partial charge < -0.3 is 5.32 Å². The largest absolute Gasteiger partial charge is 0.369 e. The number of nitrogens with one attached hydrogen (secondary N) is 1. The Morgan fingerprint density at radius 3 is 2.88 bits per heavy atom. The molecule has 3 rings (SSSR count). The molecule has 2 aromatic heterocycles. The van der Waals surface area contributed by atoms with E-state index in [-0.39, 0.29) is 0 Å². The summed E-state index contributed by atoms with van der Waals surface area (Å²) in [5, 5.41) is 3.59. The molecule has 0 spiro atoms. The third-order valence-corrected chi connectivity index (χ3v) is 5.44. The van der Waals surface area contributed by atoms with Crippen LogP contribution in [0.1, 0.15) is 45.4 Å². The molecule has 1 aromatic carbocycles. The fourth-order valence-electron chi connectivity index (χ4n) is 3.02. The van der Waals surface area contributed by atoms with Gasteiger partial charge >= 0.3 is 0 Å². The standard InChI is InChI=1S/C20H26N4S/c1-4-6-7-15(5-2)11-22-20-17(12-21-14(3)24-20)16-8-9-18-19(10-16)25-13-23-18/h8-10,12-13,15H,4-7,11H2,1-3H3,(H,21,22,24). The van der Waals surface area contributed by atoms with Crippen LogP contribution in [-0.4, -0.2) is 21.5 Å². The first-order valence-corrected chi connectivity index (χ1v) is 10.00. The number of nitrogens with zero attached hydrogens (tertiary/aromatic N) is 3. The summed E-state index contributed by atoms with van der Waals surface area (Å²) in [4.78, 5) is 13.4. The van der Waals surface area contributed by atoms with E-state index in [2.05, 4.69) is 52.3 Å². The Kier molecular flexibility index (Phi) is 5.97. The van der Waals surface area contributed by atoms with E-state index >= 15 is 0 Å². The second kappa shape index (κ2) is 8.39. The first kappa shape index (κ1) is 17.8. The number of anilines is 1. The molecule has 0 saturated carbocycles. The van der Waals surface area contributed by atoms with Crippen LogP contribution in [0.4, 0.5) is 5.82 Å². The molecule has 5 heteroatoms. The van der Waals surface area contributed by atoms with Crippen molar-refractivity contribution in [3.05, 3.63) is 35.7 Å². The molecule has 25 heavy (non-hydrogen) atoms. The number of aryl methyl sites for hydroxylation is 1. The van der Waals surface area contributed by atoms with Crippen LogP contribution in [-0.2, 0) is 0 Å². The van der Waals surface area contributed by atoms with E-state index in [1.807, 2.05) is 18.6 Å². The van der Waals surface area contributed by atoms with Gasteiger partial charge in [0.25, 0.3) is 0 Å². The Hall–Kier alpha value is -2.01. The number of aromatic nitrogens is 3. The van der Waals surface area contributed by atoms with Gasteiger partial charge in [0.1, 0.15) is 11.6 Å². The lowest BCUT2D eigenvalue weighted by Crippen LogP contribution is -2.15. The van der Waals surface area contributed by atoms with Crippen LogP contribution < -0.4 is 5.32 Å². The van der Waals surface area contributed by atoms with Crippen LogP contribution in [0.5, 0.6) is 0 Å². The van der Waals surface area contributed by atoms with E-state index in [0.29, 0.717) is 5.92 Å². The summed E-state index contributed by atoms with van der Waals surface area (Å²) < 4.78 is 1.19. The molecule has 0 saturated heterocycles. The topological polar surface area (TPSA) is 50.7 Å². The Morgan fingerprint density at radius 2 is 2.08 bits per heavy atom. The lowest BCUT2D eigenvalue weighted by atomic mass is 9.99. The molecule has 132 valence electrons. The van der Waals surface area contributed by atoms with Gasteiger partial charge in [-0.15, -0.1) is 11.3 Å². The van der Waals surface area contributed by atoms with Crippen molar-refractivity contribution in [3.63, 3.8) is 0 Å². The number of hydrogen-bond donors (Lipinski definition) is 1. The van der Waals surface area contributed by atoms with E-state index in [9.17, 15) is 0 Å². The van der Waals surface area contributed by atoms with Crippen molar-refractivity contribution < 1.29 is 0 Å². The maximum atomic E-state index is 4.67. The maximum Gasteiger partial charge on any atom is 0.137 e. The molecular weight excluding hydrogens is 328 g/mol. The van der Waals surface area contributed by atoms with Gasteiger partial charge in [0.05, 0.1) is 15.7 Å². The van der Waals surface area contributed by atoms with Gasteiger partial charge in [0, 0.05) is 18.3 Å². The van der Waals surface area contributed by atoms with E-state index < -0.39 is 0 Å². The summed E-state index contributed by atoms with van der Waals surface area (Å²) in [6.07, 6.45) is 6.94. The monoisotopic (exact) mass is 354 g/mol. The highest BCUT2D eigenvalue weighted by Crippen LogP contribution is 2.30. The van der Waals surface area contributed by atoms with Crippen molar-refractivity contribution in [1.29, 1.82) is 0 Å². The fraction of sp³-hybridized carbons (Fsp3) is 0.450. The van der Waals surface area contributed by atoms with Crippen LogP contribution in [0.15, 0.2) is 29.9 Å². The smallest absolute Gasteiger partial charge is 0.137 e. The number of unbranched alkanes of at least 4 members (excludes halogenated alkanes) is 1. The molecule has 3 aromatic rings. The van der Waals surface area contributed by atoms with Crippen molar-refractivity contribution in [2.45, 2.75) is 46.5 Å². The highest BCUT2D eigenvalue weighted by molar-refractivity contribution is 7.16. The number of fused-ring (bicyclic) bond motifs is 1. The van der Waals surface area contributed by atoms with Gasteiger partial charge in [-0.2, -0.15) is 0 Å². The van der Waals surface area contributed by atoms with Gasteiger partial charge in [-0.1, -0.05) is 39.2 Å². The molecule has 2 heterocycles. The van der Waals surface area contributed by atoms with Crippen LogP contribution in [0.3, 0.4) is 0 Å². The Balaban J connectivity index is 1.84. The Labute approximate surface area is 153 Å². The SMILES string of the molecule is CCCCC(CC)CNc1nc(C)ncc1-c1ccc2ncsc2c1. The maximum absolute atomic E-state index is 4.67. The molecule has 0 bridgehead atoms. The van der Waals surface area contributed by atoms with Crippen molar-refractivity contribution in [3.8, 4) is 11.1 Å². The summed E-state index contributed by atoms with van der Waals surface area (Å²) in [6, 6.07) is 6.36. The summed E-state index contributed by atoms with van der Waals surface area (Å²) in [6.45, 7) is 7.42. The molecule has 1 unspecified atom stereocenters. The predicted octanol–water partition coefficient (Wildman–Crippen LogP) is 5.69. The van der Waals surface area contributed by atoms with Gasteiger partial charge in [0.2, 0.25) is 0 Å². The van der Waals surface area contributed by atoms with Crippen LogP contribution in [0.2, 0.25) is 0 Å². The van der Waals surface area contributed by atoms with Gasteiger partial charge in [-0.05, 0) is 37.0 Å². The summed E-state index contributed by atoms with van der Waals surface area (Å²) in [5.41, 5.74) is 5.13. The highest BCUT2D eigenvalue weighted by Gasteiger charge is 2.12. The van der Waals surface area contributed by atoms with Crippen molar-refractivity contribution in [2.24, 2.45) is 5.92 Å². The molecule has 0 aliphatic rings. The van der Waals surface area contributed by atoms with Crippen molar-refractivity contribution >= 4 is 27.4 Å². The molecule has 0 aliphatic heterocycles. The highest BCUT2D eigenvalue weighted by atomic mass is 32.1. The second-order valence-corrected chi connectivity index (χ2v) is 7.40. The lowest BCUT2D eigenvalue weighted by Gasteiger charge is -2.17. The zero-order chi connectivity index (χ0) is 17.6. The summed E-state index contributed by atoms with van der Waals surface area (Å²) in [5.74, 6) is 2.42. The van der Waals surface area contributed by atoms with Crippen LogP contribution in [0, 0.1) is 12.8 Å². The predicted molar refractivity (Wildman–Crippen MR) is 107 cm³/mol. The fourth-order valence-corrected chi connectivity index (χ4v) is 3.74. The average Bonchev–Trinajstić information content (AvgIpc) is 3.09. The van der Waals surface area contributed by atoms with Gasteiger partial charge in [-0.3, -0.25) is 0 Å². The summed E-state index contributed by atoms with van der Waals surface area (Å²) >= 11 is 1.66. The zero-order valence-corrected chi connectivity index (χ0v) is 16.1. The van der Waals surface area contributed by atoms with Crippen LogP contribution >= 0.6 is 11.3 Å². The third-order valence-electron chi connectivity index (χ3n) is 4.65. The first-order valence-electron chi connectivity index (χ1n) is 9.12. The number of benzene rings is 1. The second-order valence-electron chi connectivity index (χ2n) is 6.51. The molecule has 4 nitrogen and oxygen atoms in total. The number of hydrogen-bond acceptors (Lipinski definition) is 5. The van der Waals surface area contributed by atoms with Crippen molar-refractivity contribution in [2.75, 3.05) is 11.9 Å². The molecule has 0 radical (unpaired) electrons. The number of rotatable bonds is 8. The lowest BCUT2D eigenvalue weighted by molar-refractivity contribution is 0.472. The first-order chi connectivity index (χ1) is 12.2. The Morgan fingerprint density at radius 1 is 1.20 bits per heavy atom. The molecule has 0 aliphatic carbocycles. The van der Waals surface area contributed by atoms with Gasteiger partial charge in [-0.25, -0.2) is 15.0 Å². The Bertz CT molecular complexity index is 827. The molecule has 0 fully saturated rings. The molecular formula is C20H26N4S. The zero-order valence-electron chi connectivity index (χ0n) is 15.2. The van der Waals surface area contributed by atoms with Crippen LogP contribution in [0.25, 0.3) is 21.3 Å². The van der Waals surface area contributed by atoms with E-state index in [0.717, 1.165) is 34.8 Å². The quantitative estimate of drug-likeness (QED) is 0.564. The normalized spacial score (nSPS) is 12.4. The minimum atomic E-state index is 0.687. The molecule has 1 atom stereocenters. The van der Waals surface area contributed by atoms with Crippen molar-refractivity contribution in [1.82, 2.24) is 15.0 Å². The third kappa shape index (κ3) is 4.34. The van der Waals surface area contributed by atoms with E-state index in [1.165, 1.54) is 30.4 Å². The van der Waals surface area contributed by atoms with E-state index in [4.69, 9.17) is 0 Å². The summed E-state index contributed by atoms with van der Waals surface area (Å²) in [7, 11) is 0. The molecule has 1 N–H and O–H groups in total. The number of thiazole rings is 1. The van der Waals surface area contributed by atoms with E-state index in [1.54, 1.807) is 11.3 Å². The molecule has 0 amide bonds. The average molecular weight is 355 g/mol.